The number of rotatable bonds is 2. The van der Waals surface area contributed by atoms with Gasteiger partial charge >= 0.3 is 0 Å². The molecule has 0 spiro atoms. The highest BCUT2D eigenvalue weighted by atomic mass is 79.9. The van der Waals surface area contributed by atoms with Crippen molar-refractivity contribution in [3.63, 3.8) is 0 Å². The van der Waals surface area contributed by atoms with E-state index in [9.17, 15) is 4.79 Å². The molecular weight excluding hydrogens is 229 g/mol. The fourth-order valence-corrected chi connectivity index (χ4v) is 1.11. The van der Waals surface area contributed by atoms with Crippen LogP contribution in [-0.2, 0) is 0 Å². The van der Waals surface area contributed by atoms with Crippen molar-refractivity contribution in [1.29, 1.82) is 0 Å². The molecule has 1 heterocycles. The van der Waals surface area contributed by atoms with Crippen molar-refractivity contribution in [2.45, 2.75) is 0 Å². The smallest absolute Gasteiger partial charge is 0.195 e. The molecule has 0 saturated heterocycles. The Balaban J connectivity index is 2.96. The third kappa shape index (κ3) is 2.27. The molecule has 0 radical (unpaired) electrons. The summed E-state index contributed by atoms with van der Waals surface area (Å²) in [6, 6.07) is 5.14. The Hall–Kier alpha value is -0.410. The molecule has 1 rings (SSSR count). The third-order valence-corrected chi connectivity index (χ3v) is 1.81. The van der Waals surface area contributed by atoms with Crippen molar-refractivity contribution >= 4 is 33.3 Å². The second kappa shape index (κ2) is 3.83. The normalized spacial score (nSPS) is 9.64. The number of halogens is 2. The summed E-state index contributed by atoms with van der Waals surface area (Å²) in [5.41, 5.74) is 0.398. The zero-order chi connectivity index (χ0) is 8.27. The van der Waals surface area contributed by atoms with E-state index in [2.05, 4.69) is 20.9 Å². The second-order valence-corrected chi connectivity index (χ2v) is 2.98. The van der Waals surface area contributed by atoms with Crippen molar-refractivity contribution < 1.29 is 4.79 Å². The van der Waals surface area contributed by atoms with Gasteiger partial charge in [0.05, 0.1) is 5.88 Å². The summed E-state index contributed by atoms with van der Waals surface area (Å²) in [7, 11) is 0. The van der Waals surface area contributed by atoms with E-state index in [-0.39, 0.29) is 11.7 Å². The lowest BCUT2D eigenvalue weighted by Gasteiger charge is -1.94. The van der Waals surface area contributed by atoms with Gasteiger partial charge in [0.25, 0.3) is 0 Å². The van der Waals surface area contributed by atoms with Gasteiger partial charge in [0.15, 0.2) is 5.78 Å². The first-order valence-corrected chi connectivity index (χ1v) is 4.28. The second-order valence-electron chi connectivity index (χ2n) is 1.90. The van der Waals surface area contributed by atoms with Crippen molar-refractivity contribution in [2.75, 3.05) is 5.88 Å². The average Bonchev–Trinajstić information content (AvgIpc) is 2.03. The highest BCUT2D eigenvalue weighted by molar-refractivity contribution is 9.10. The predicted octanol–water partition coefficient (Wildman–Crippen LogP) is 2.27. The maximum Gasteiger partial charge on any atom is 0.195 e. The van der Waals surface area contributed by atoms with Crippen LogP contribution >= 0.6 is 27.5 Å². The summed E-state index contributed by atoms with van der Waals surface area (Å²) in [6.07, 6.45) is 0. The maximum absolute atomic E-state index is 11.0. The van der Waals surface area contributed by atoms with Gasteiger partial charge in [-0.3, -0.25) is 4.79 Å². The van der Waals surface area contributed by atoms with Gasteiger partial charge in [-0.25, -0.2) is 4.98 Å². The van der Waals surface area contributed by atoms with Crippen LogP contribution in [0.5, 0.6) is 0 Å². The van der Waals surface area contributed by atoms with Crippen LogP contribution in [0.25, 0.3) is 0 Å². The van der Waals surface area contributed by atoms with Crippen LogP contribution in [0.4, 0.5) is 0 Å². The standard InChI is InChI=1S/C7H5BrClNO/c8-7-3-1-2-5(10-7)6(11)4-9/h1-3H,4H2. The summed E-state index contributed by atoms with van der Waals surface area (Å²) in [5.74, 6) is -0.184. The zero-order valence-electron chi connectivity index (χ0n) is 5.55. The number of carbonyl (C=O) groups is 1. The highest BCUT2D eigenvalue weighted by Gasteiger charge is 2.04. The van der Waals surface area contributed by atoms with Crippen LogP contribution in [-0.4, -0.2) is 16.6 Å². The number of hydrogen-bond acceptors (Lipinski definition) is 2. The lowest BCUT2D eigenvalue weighted by atomic mass is 10.3. The Labute approximate surface area is 77.7 Å². The number of ketones is 1. The number of carbonyl (C=O) groups excluding carboxylic acids is 1. The van der Waals surface area contributed by atoms with Gasteiger partial charge < -0.3 is 0 Å². The Morgan fingerprint density at radius 2 is 2.36 bits per heavy atom. The van der Waals surface area contributed by atoms with E-state index in [1.807, 2.05) is 0 Å². The molecule has 58 valence electrons. The van der Waals surface area contributed by atoms with Crippen molar-refractivity contribution in [3.05, 3.63) is 28.5 Å². The minimum absolute atomic E-state index is 0.0244. The number of Topliss-reactive ketones (excluding diaryl/α,β-unsaturated/α-hetero) is 1. The SMILES string of the molecule is O=C(CCl)c1cccc(Br)n1. The molecule has 4 heteroatoms. The molecule has 1 aromatic rings. The van der Waals surface area contributed by atoms with Gasteiger partial charge in [-0.1, -0.05) is 6.07 Å². The summed E-state index contributed by atoms with van der Waals surface area (Å²) in [6.45, 7) is 0. The molecule has 1 aromatic heterocycles. The van der Waals surface area contributed by atoms with E-state index in [1.54, 1.807) is 18.2 Å². The van der Waals surface area contributed by atoms with Gasteiger partial charge in [0, 0.05) is 0 Å². The van der Waals surface area contributed by atoms with E-state index in [0.29, 0.717) is 10.3 Å². The fraction of sp³-hybridized carbons (Fsp3) is 0.143. The molecular formula is C7H5BrClNO. The van der Waals surface area contributed by atoms with E-state index in [4.69, 9.17) is 11.6 Å². The van der Waals surface area contributed by atoms with Crippen molar-refractivity contribution in [3.8, 4) is 0 Å². The first-order valence-electron chi connectivity index (χ1n) is 2.96. The Morgan fingerprint density at radius 3 is 2.91 bits per heavy atom. The van der Waals surface area contributed by atoms with Gasteiger partial charge in [0.2, 0.25) is 0 Å². The van der Waals surface area contributed by atoms with E-state index in [1.165, 1.54) is 0 Å². The summed E-state index contributed by atoms with van der Waals surface area (Å²) in [4.78, 5) is 14.9. The Morgan fingerprint density at radius 1 is 1.64 bits per heavy atom. The van der Waals surface area contributed by atoms with Crippen LogP contribution in [0.1, 0.15) is 10.5 Å². The lowest BCUT2D eigenvalue weighted by Crippen LogP contribution is -2.02. The monoisotopic (exact) mass is 233 g/mol. The van der Waals surface area contributed by atoms with Crippen LogP contribution < -0.4 is 0 Å². The number of alkyl halides is 1. The molecule has 2 nitrogen and oxygen atoms in total. The lowest BCUT2D eigenvalue weighted by molar-refractivity contribution is 0.101. The van der Waals surface area contributed by atoms with Crippen molar-refractivity contribution in [2.24, 2.45) is 0 Å². The molecule has 0 amide bonds. The molecule has 0 unspecified atom stereocenters. The van der Waals surface area contributed by atoms with Crippen LogP contribution in [0.15, 0.2) is 22.8 Å². The fourth-order valence-electron chi connectivity index (χ4n) is 0.632. The molecule has 0 bridgehead atoms. The van der Waals surface area contributed by atoms with E-state index < -0.39 is 0 Å². The quantitative estimate of drug-likeness (QED) is 0.446. The van der Waals surface area contributed by atoms with Gasteiger partial charge in [-0.05, 0) is 28.1 Å². The topological polar surface area (TPSA) is 30.0 Å². The van der Waals surface area contributed by atoms with E-state index in [0.717, 1.165) is 0 Å². The summed E-state index contributed by atoms with van der Waals surface area (Å²) < 4.78 is 0.647. The van der Waals surface area contributed by atoms with E-state index >= 15 is 0 Å². The number of aromatic nitrogens is 1. The number of nitrogens with zero attached hydrogens (tertiary/aromatic N) is 1. The van der Waals surface area contributed by atoms with Crippen LogP contribution in [0.3, 0.4) is 0 Å². The highest BCUT2D eigenvalue weighted by Crippen LogP contribution is 2.06. The molecule has 0 saturated carbocycles. The maximum atomic E-state index is 11.0. The third-order valence-electron chi connectivity index (χ3n) is 1.12. The molecule has 0 atom stereocenters. The molecule has 0 aliphatic rings. The first kappa shape index (κ1) is 8.68. The Bertz CT molecular complexity index is 277. The van der Waals surface area contributed by atoms with Crippen LogP contribution in [0.2, 0.25) is 0 Å². The largest absolute Gasteiger partial charge is 0.291 e. The molecule has 0 aromatic carbocycles. The Kier molecular flexibility index (Phi) is 3.02. The van der Waals surface area contributed by atoms with Crippen LogP contribution in [0, 0.1) is 0 Å². The summed E-state index contributed by atoms with van der Waals surface area (Å²) >= 11 is 8.49. The van der Waals surface area contributed by atoms with Gasteiger partial charge in [-0.15, -0.1) is 11.6 Å². The molecule has 0 aliphatic heterocycles. The number of hydrogen-bond donors (Lipinski definition) is 0. The van der Waals surface area contributed by atoms with Gasteiger partial charge in [-0.2, -0.15) is 0 Å². The molecule has 0 N–H and O–H groups in total. The van der Waals surface area contributed by atoms with Gasteiger partial charge in [0.1, 0.15) is 10.3 Å². The number of pyridine rings is 1. The minimum Gasteiger partial charge on any atom is -0.291 e. The summed E-state index contributed by atoms with van der Waals surface area (Å²) in [5, 5.41) is 0. The molecule has 0 fully saturated rings. The predicted molar refractivity (Wildman–Crippen MR) is 47.0 cm³/mol. The average molecular weight is 234 g/mol. The molecule has 11 heavy (non-hydrogen) atoms. The minimum atomic E-state index is -0.159. The van der Waals surface area contributed by atoms with Crippen molar-refractivity contribution in [1.82, 2.24) is 4.98 Å². The molecule has 0 aliphatic carbocycles. The first-order chi connectivity index (χ1) is 5.24. The zero-order valence-corrected chi connectivity index (χ0v) is 7.89.